The second-order valence-corrected chi connectivity index (χ2v) is 10.6. The minimum absolute atomic E-state index is 0.196. The molecule has 0 aliphatic carbocycles. The Hall–Kier alpha value is -3.19. The summed E-state index contributed by atoms with van der Waals surface area (Å²) in [7, 11) is -0.604. The van der Waals surface area contributed by atoms with E-state index in [4.69, 9.17) is 0 Å². The third kappa shape index (κ3) is 4.93. The van der Waals surface area contributed by atoms with Gasteiger partial charge in [0.2, 0.25) is 0 Å². The fraction of sp³-hybridized carbons (Fsp3) is 0.333. The average Bonchev–Trinajstić information content (AvgIpc) is 3.14. The maximum atomic E-state index is 13.4. The van der Waals surface area contributed by atoms with Gasteiger partial charge in [0.05, 0.1) is 30.1 Å². The van der Waals surface area contributed by atoms with Crippen LogP contribution in [-0.2, 0) is 29.7 Å². The zero-order valence-corrected chi connectivity index (χ0v) is 19.9. The van der Waals surface area contributed by atoms with Gasteiger partial charge in [-0.05, 0) is 42.7 Å². The zero-order valence-electron chi connectivity index (χ0n) is 19.1. The third-order valence-corrected chi connectivity index (χ3v) is 7.85. The first kappa shape index (κ1) is 23.0. The first-order chi connectivity index (χ1) is 15.8. The smallest absolute Gasteiger partial charge is 0.282 e. The van der Waals surface area contributed by atoms with E-state index in [0.717, 1.165) is 28.3 Å². The minimum Gasteiger partial charge on any atom is -0.364 e. The van der Waals surface area contributed by atoms with Crippen molar-refractivity contribution in [1.29, 1.82) is 5.26 Å². The number of benzene rings is 2. The molecule has 3 aromatic rings. The predicted molar refractivity (Wildman–Crippen MR) is 128 cm³/mol. The lowest BCUT2D eigenvalue weighted by Gasteiger charge is -2.33. The molecule has 0 unspecified atom stereocenters. The van der Waals surface area contributed by atoms with Crippen LogP contribution >= 0.6 is 0 Å². The zero-order chi connectivity index (χ0) is 23.6. The SMILES string of the molecule is Cc1ncc(CN2C[C@@H](Cc3ccccc3)N(S(=O)(=O)N(C)C)Cc3cc(C#N)ccc32)[nH]1. The van der Waals surface area contributed by atoms with E-state index in [1.165, 1.54) is 4.31 Å². The van der Waals surface area contributed by atoms with Gasteiger partial charge in [-0.2, -0.15) is 22.3 Å². The number of nitriles is 1. The van der Waals surface area contributed by atoms with Crippen LogP contribution in [0.3, 0.4) is 0 Å². The van der Waals surface area contributed by atoms with Crippen LogP contribution in [0.4, 0.5) is 5.69 Å². The van der Waals surface area contributed by atoms with Crippen molar-refractivity contribution < 1.29 is 8.42 Å². The van der Waals surface area contributed by atoms with Gasteiger partial charge in [0, 0.05) is 38.9 Å². The molecule has 2 heterocycles. The van der Waals surface area contributed by atoms with Gasteiger partial charge in [-0.3, -0.25) is 0 Å². The fourth-order valence-electron chi connectivity index (χ4n) is 4.27. The summed E-state index contributed by atoms with van der Waals surface area (Å²) in [5.74, 6) is 0.831. The molecular formula is C24H28N6O2S. The van der Waals surface area contributed by atoms with E-state index in [0.29, 0.717) is 25.1 Å². The molecular weight excluding hydrogens is 436 g/mol. The van der Waals surface area contributed by atoms with E-state index in [2.05, 4.69) is 20.9 Å². The highest BCUT2D eigenvalue weighted by molar-refractivity contribution is 7.86. The van der Waals surface area contributed by atoms with Crippen molar-refractivity contribution in [1.82, 2.24) is 18.6 Å². The molecule has 0 amide bonds. The number of fused-ring (bicyclic) bond motifs is 1. The molecule has 0 saturated heterocycles. The molecule has 9 heteroatoms. The number of H-pyrrole nitrogens is 1. The molecule has 33 heavy (non-hydrogen) atoms. The lowest BCUT2D eigenvalue weighted by Crippen LogP contribution is -2.49. The number of aryl methyl sites for hydroxylation is 1. The van der Waals surface area contributed by atoms with Crippen LogP contribution in [0.25, 0.3) is 0 Å². The Morgan fingerprint density at radius 1 is 1.21 bits per heavy atom. The van der Waals surface area contributed by atoms with Gasteiger partial charge in [0.15, 0.2) is 0 Å². The Morgan fingerprint density at radius 2 is 1.97 bits per heavy atom. The van der Waals surface area contributed by atoms with Gasteiger partial charge in [0.1, 0.15) is 5.82 Å². The van der Waals surface area contributed by atoms with Crippen molar-refractivity contribution in [3.8, 4) is 6.07 Å². The number of nitrogens with one attached hydrogen (secondary N) is 1. The van der Waals surface area contributed by atoms with Crippen molar-refractivity contribution in [2.75, 3.05) is 25.5 Å². The second kappa shape index (κ2) is 9.35. The summed E-state index contributed by atoms with van der Waals surface area (Å²) in [4.78, 5) is 9.77. The number of nitrogens with zero attached hydrogens (tertiary/aromatic N) is 5. The number of hydrogen-bond donors (Lipinski definition) is 1. The number of aromatic nitrogens is 2. The average molecular weight is 465 g/mol. The van der Waals surface area contributed by atoms with E-state index in [9.17, 15) is 13.7 Å². The molecule has 2 aromatic carbocycles. The van der Waals surface area contributed by atoms with Crippen molar-refractivity contribution in [3.63, 3.8) is 0 Å². The van der Waals surface area contributed by atoms with E-state index in [1.54, 1.807) is 30.5 Å². The molecule has 0 fully saturated rings. The van der Waals surface area contributed by atoms with Gasteiger partial charge in [-0.15, -0.1) is 0 Å². The van der Waals surface area contributed by atoms with E-state index >= 15 is 0 Å². The highest BCUT2D eigenvalue weighted by atomic mass is 32.2. The lowest BCUT2D eigenvalue weighted by molar-refractivity contribution is 0.297. The third-order valence-electron chi connectivity index (χ3n) is 5.90. The molecule has 0 saturated carbocycles. The Kier molecular flexibility index (Phi) is 6.51. The van der Waals surface area contributed by atoms with Crippen LogP contribution in [0.2, 0.25) is 0 Å². The standard InChI is InChI=1S/C24H28N6O2S/c1-18-26-14-22(27-18)16-29-17-23(12-19-7-5-4-6-8-19)30(33(31,32)28(2)3)15-21-11-20(13-25)9-10-24(21)29/h4-11,14,23H,12,15-17H2,1-3H3,(H,26,27)/t23-/m1/s1. The molecule has 1 N–H and O–H groups in total. The van der Waals surface area contributed by atoms with E-state index < -0.39 is 10.2 Å². The number of imidazole rings is 1. The van der Waals surface area contributed by atoms with E-state index in [-0.39, 0.29) is 12.6 Å². The van der Waals surface area contributed by atoms with Crippen LogP contribution < -0.4 is 4.90 Å². The van der Waals surface area contributed by atoms with Crippen molar-refractivity contribution in [2.45, 2.75) is 32.5 Å². The number of hydrogen-bond acceptors (Lipinski definition) is 5. The maximum absolute atomic E-state index is 13.4. The summed E-state index contributed by atoms with van der Waals surface area (Å²) in [6.07, 6.45) is 2.38. The molecule has 0 radical (unpaired) electrons. The Balaban J connectivity index is 1.81. The molecule has 172 valence electrons. The van der Waals surface area contributed by atoms with Gasteiger partial charge >= 0.3 is 0 Å². The van der Waals surface area contributed by atoms with Gasteiger partial charge in [0.25, 0.3) is 10.2 Å². The maximum Gasteiger partial charge on any atom is 0.282 e. The van der Waals surface area contributed by atoms with Crippen molar-refractivity contribution >= 4 is 15.9 Å². The number of anilines is 1. The molecule has 4 rings (SSSR count). The van der Waals surface area contributed by atoms with Gasteiger partial charge in [-0.25, -0.2) is 4.98 Å². The quantitative estimate of drug-likeness (QED) is 0.605. The van der Waals surface area contributed by atoms with Gasteiger partial charge < -0.3 is 9.88 Å². The van der Waals surface area contributed by atoms with Gasteiger partial charge in [-0.1, -0.05) is 30.3 Å². The van der Waals surface area contributed by atoms with Crippen LogP contribution in [0, 0.1) is 18.3 Å². The van der Waals surface area contributed by atoms with E-state index in [1.807, 2.05) is 49.5 Å². The molecule has 1 aliphatic rings. The number of aromatic amines is 1. The fourth-order valence-corrected chi connectivity index (χ4v) is 5.51. The molecule has 1 aliphatic heterocycles. The summed E-state index contributed by atoms with van der Waals surface area (Å²) in [6.45, 7) is 3.16. The lowest BCUT2D eigenvalue weighted by atomic mass is 10.1. The summed E-state index contributed by atoms with van der Waals surface area (Å²) < 4.78 is 29.7. The predicted octanol–water partition coefficient (Wildman–Crippen LogP) is 2.83. The Labute approximate surface area is 195 Å². The summed E-state index contributed by atoms with van der Waals surface area (Å²) >= 11 is 0. The van der Waals surface area contributed by atoms with Crippen LogP contribution in [0.15, 0.2) is 54.7 Å². The van der Waals surface area contributed by atoms with Crippen LogP contribution in [0.1, 0.15) is 28.2 Å². The second-order valence-electron chi connectivity index (χ2n) is 8.51. The largest absolute Gasteiger partial charge is 0.364 e. The topological polar surface area (TPSA) is 96.3 Å². The molecule has 1 aromatic heterocycles. The molecule has 8 nitrogen and oxygen atoms in total. The summed E-state index contributed by atoms with van der Waals surface area (Å²) in [6, 6.07) is 17.3. The Bertz CT molecular complexity index is 1260. The first-order valence-corrected chi connectivity index (χ1v) is 12.2. The first-order valence-electron chi connectivity index (χ1n) is 10.8. The van der Waals surface area contributed by atoms with Crippen molar-refractivity contribution in [3.05, 3.63) is 82.9 Å². The van der Waals surface area contributed by atoms with Crippen LogP contribution in [0.5, 0.6) is 0 Å². The molecule has 0 spiro atoms. The molecule has 0 bridgehead atoms. The minimum atomic E-state index is -3.71. The number of rotatable bonds is 6. The normalized spacial score (nSPS) is 16.9. The van der Waals surface area contributed by atoms with Crippen molar-refractivity contribution in [2.24, 2.45) is 0 Å². The summed E-state index contributed by atoms with van der Waals surface area (Å²) in [5, 5.41) is 9.46. The van der Waals surface area contributed by atoms with Crippen LogP contribution in [-0.4, -0.2) is 53.7 Å². The monoisotopic (exact) mass is 464 g/mol. The highest BCUT2D eigenvalue weighted by Crippen LogP contribution is 2.32. The summed E-state index contributed by atoms with van der Waals surface area (Å²) in [5.41, 5.74) is 4.27. The Morgan fingerprint density at radius 3 is 2.61 bits per heavy atom. The highest BCUT2D eigenvalue weighted by Gasteiger charge is 2.37. The molecule has 1 atom stereocenters.